The topological polar surface area (TPSA) is 39.1 Å². The lowest BCUT2D eigenvalue weighted by atomic mass is 10.2. The summed E-state index contributed by atoms with van der Waals surface area (Å²) in [4.78, 5) is 0. The van der Waals surface area contributed by atoms with Crippen molar-refractivity contribution >= 4 is 32.3 Å². The van der Waals surface area contributed by atoms with Crippen LogP contribution in [0.5, 0.6) is 0 Å². The van der Waals surface area contributed by atoms with Crippen LogP contribution in [0.15, 0.2) is 24.3 Å². The zero-order chi connectivity index (χ0) is 14.2. The third-order valence-electron chi connectivity index (χ3n) is 3.21. The predicted octanol–water partition coefficient (Wildman–Crippen LogP) is 3.81. The van der Waals surface area contributed by atoms with E-state index in [1.165, 1.54) is 0 Å². The number of halogens is 1. The summed E-state index contributed by atoms with van der Waals surface area (Å²) >= 11 is 6.25. The number of benzene rings is 1. The van der Waals surface area contributed by atoms with E-state index >= 15 is 0 Å². The first kappa shape index (κ1) is 14.4. The lowest BCUT2D eigenvalue weighted by Gasteiger charge is -2.15. The Morgan fingerprint density at radius 2 is 2.00 bits per heavy atom. The van der Waals surface area contributed by atoms with Gasteiger partial charge in [-0.2, -0.15) is 0 Å². The molecule has 1 heterocycles. The molecule has 0 atom stereocenters. The largest absolute Gasteiger partial charge is 0.340 e. The Kier molecular flexibility index (Phi) is 3.92. The molecule has 0 unspecified atom stereocenters. The normalized spacial score (nSPS) is 12.5. The van der Waals surface area contributed by atoms with Crippen molar-refractivity contribution in [1.82, 2.24) is 4.57 Å². The lowest BCUT2D eigenvalue weighted by Crippen LogP contribution is -2.12. The van der Waals surface area contributed by atoms with Gasteiger partial charge in [-0.1, -0.05) is 30.7 Å². The summed E-state index contributed by atoms with van der Waals surface area (Å²) in [5.74, 6) is 0.215. The standard InChI is InChI=1S/C14H18ClNO2S/c1-4-19(17,18)9-12-8-11-6-5-7-13(15)14(11)16(12)10(2)3/h5-8,10H,4,9H2,1-3H3. The van der Waals surface area contributed by atoms with Crippen molar-refractivity contribution in [2.75, 3.05) is 5.75 Å². The number of hydrogen-bond acceptors (Lipinski definition) is 2. The molecule has 104 valence electrons. The van der Waals surface area contributed by atoms with Crippen LogP contribution >= 0.6 is 11.6 Å². The van der Waals surface area contributed by atoms with E-state index in [2.05, 4.69) is 0 Å². The average Bonchev–Trinajstić information content (AvgIpc) is 2.67. The van der Waals surface area contributed by atoms with Crippen molar-refractivity contribution in [3.05, 3.63) is 35.0 Å². The number of nitrogens with zero attached hydrogens (tertiary/aromatic N) is 1. The quantitative estimate of drug-likeness (QED) is 0.861. The first-order valence-electron chi connectivity index (χ1n) is 6.34. The van der Waals surface area contributed by atoms with Crippen molar-refractivity contribution in [2.45, 2.75) is 32.6 Å². The van der Waals surface area contributed by atoms with Gasteiger partial charge in [0.05, 0.1) is 16.3 Å². The molecule has 0 spiro atoms. The molecule has 0 aliphatic heterocycles. The Morgan fingerprint density at radius 1 is 1.32 bits per heavy atom. The summed E-state index contributed by atoms with van der Waals surface area (Å²) in [6.07, 6.45) is 0. The fourth-order valence-electron chi connectivity index (χ4n) is 2.32. The van der Waals surface area contributed by atoms with Gasteiger partial charge in [-0.3, -0.25) is 0 Å². The van der Waals surface area contributed by atoms with E-state index in [1.54, 1.807) is 6.92 Å². The fourth-order valence-corrected chi connectivity index (χ4v) is 3.47. The van der Waals surface area contributed by atoms with Gasteiger partial charge < -0.3 is 4.57 Å². The maximum atomic E-state index is 11.9. The molecule has 0 saturated carbocycles. The Hall–Kier alpha value is -1.00. The van der Waals surface area contributed by atoms with Gasteiger partial charge in [-0.05, 0) is 26.0 Å². The van der Waals surface area contributed by atoms with E-state index in [0.29, 0.717) is 5.02 Å². The SMILES string of the molecule is CCS(=O)(=O)Cc1cc2cccc(Cl)c2n1C(C)C. The van der Waals surface area contributed by atoms with Crippen LogP contribution in [0.3, 0.4) is 0 Å². The van der Waals surface area contributed by atoms with Gasteiger partial charge in [0.1, 0.15) is 0 Å². The second-order valence-corrected chi connectivity index (χ2v) is 7.71. The van der Waals surface area contributed by atoms with E-state index in [9.17, 15) is 8.42 Å². The summed E-state index contributed by atoms with van der Waals surface area (Å²) in [6.45, 7) is 5.74. The zero-order valence-electron chi connectivity index (χ0n) is 11.4. The van der Waals surface area contributed by atoms with Gasteiger partial charge in [0.25, 0.3) is 0 Å². The number of rotatable bonds is 4. The van der Waals surface area contributed by atoms with Gasteiger partial charge in [0.15, 0.2) is 9.84 Å². The molecule has 0 aliphatic carbocycles. The molecule has 2 rings (SSSR count). The average molecular weight is 300 g/mol. The molecule has 19 heavy (non-hydrogen) atoms. The van der Waals surface area contributed by atoms with Gasteiger partial charge in [-0.15, -0.1) is 0 Å². The minimum atomic E-state index is -3.05. The maximum absolute atomic E-state index is 11.9. The van der Waals surface area contributed by atoms with Crippen molar-refractivity contribution in [3.63, 3.8) is 0 Å². The molecule has 0 N–H and O–H groups in total. The summed E-state index contributed by atoms with van der Waals surface area (Å²) in [7, 11) is -3.05. The first-order chi connectivity index (χ1) is 8.85. The second kappa shape index (κ2) is 5.17. The van der Waals surface area contributed by atoms with Crippen molar-refractivity contribution in [2.24, 2.45) is 0 Å². The molecule has 2 aromatic rings. The first-order valence-corrected chi connectivity index (χ1v) is 8.54. The number of aromatic nitrogens is 1. The molecule has 0 bridgehead atoms. The van der Waals surface area contributed by atoms with Crippen molar-refractivity contribution in [3.8, 4) is 0 Å². The number of sulfone groups is 1. The molecular formula is C14H18ClNO2S. The highest BCUT2D eigenvalue weighted by atomic mass is 35.5. The Morgan fingerprint density at radius 3 is 2.58 bits per heavy atom. The maximum Gasteiger partial charge on any atom is 0.155 e. The van der Waals surface area contributed by atoms with E-state index < -0.39 is 9.84 Å². The molecule has 0 amide bonds. The molecule has 5 heteroatoms. The van der Waals surface area contributed by atoms with Crippen LogP contribution in [0.2, 0.25) is 5.02 Å². The molecule has 0 fully saturated rings. The molecule has 1 aromatic heterocycles. The highest BCUT2D eigenvalue weighted by molar-refractivity contribution is 7.90. The third-order valence-corrected chi connectivity index (χ3v) is 5.13. The van der Waals surface area contributed by atoms with E-state index in [0.717, 1.165) is 16.6 Å². The summed E-state index contributed by atoms with van der Waals surface area (Å²) in [6, 6.07) is 7.77. The Balaban J connectivity index is 2.68. The number of fused-ring (bicyclic) bond motifs is 1. The van der Waals surface area contributed by atoms with Crippen LogP contribution in [-0.2, 0) is 15.6 Å². The number of para-hydroxylation sites is 1. The van der Waals surface area contributed by atoms with Crippen LogP contribution in [0.25, 0.3) is 10.9 Å². The monoisotopic (exact) mass is 299 g/mol. The Bertz CT molecular complexity index is 702. The minimum absolute atomic E-state index is 0.0622. The molecule has 0 aliphatic rings. The second-order valence-electron chi connectivity index (χ2n) is 4.95. The Labute approximate surface area is 119 Å². The molecule has 1 aromatic carbocycles. The molecule has 0 radical (unpaired) electrons. The van der Waals surface area contributed by atoms with Crippen molar-refractivity contribution in [1.29, 1.82) is 0 Å². The highest BCUT2D eigenvalue weighted by Crippen LogP contribution is 2.30. The van der Waals surface area contributed by atoms with Gasteiger partial charge in [0.2, 0.25) is 0 Å². The van der Waals surface area contributed by atoms with Gasteiger partial charge >= 0.3 is 0 Å². The van der Waals surface area contributed by atoms with Gasteiger partial charge in [0, 0.05) is 22.9 Å². The molecule has 3 nitrogen and oxygen atoms in total. The lowest BCUT2D eigenvalue weighted by molar-refractivity contribution is 0.582. The molecule has 0 saturated heterocycles. The van der Waals surface area contributed by atoms with Crippen LogP contribution in [-0.4, -0.2) is 18.7 Å². The van der Waals surface area contributed by atoms with E-state index in [4.69, 9.17) is 11.6 Å². The summed E-state index contributed by atoms with van der Waals surface area (Å²) < 4.78 is 25.7. The van der Waals surface area contributed by atoms with E-state index in [1.807, 2.05) is 42.7 Å². The predicted molar refractivity (Wildman–Crippen MR) is 80.5 cm³/mol. The van der Waals surface area contributed by atoms with Gasteiger partial charge in [-0.25, -0.2) is 8.42 Å². The van der Waals surface area contributed by atoms with Crippen molar-refractivity contribution < 1.29 is 8.42 Å². The summed E-state index contributed by atoms with van der Waals surface area (Å²) in [5.41, 5.74) is 1.72. The molecular weight excluding hydrogens is 282 g/mol. The zero-order valence-corrected chi connectivity index (χ0v) is 12.9. The number of hydrogen-bond donors (Lipinski definition) is 0. The van der Waals surface area contributed by atoms with Crippen LogP contribution in [0.4, 0.5) is 0 Å². The summed E-state index contributed by atoms with van der Waals surface area (Å²) in [5, 5.41) is 1.65. The van der Waals surface area contributed by atoms with E-state index in [-0.39, 0.29) is 17.5 Å². The fraction of sp³-hybridized carbons (Fsp3) is 0.429. The smallest absolute Gasteiger partial charge is 0.155 e. The van der Waals surface area contributed by atoms with Crippen LogP contribution < -0.4 is 0 Å². The third kappa shape index (κ3) is 2.79. The minimum Gasteiger partial charge on any atom is -0.340 e. The highest BCUT2D eigenvalue weighted by Gasteiger charge is 2.18. The van der Waals surface area contributed by atoms with Crippen LogP contribution in [0.1, 0.15) is 32.5 Å². The van der Waals surface area contributed by atoms with Crippen LogP contribution in [0, 0.1) is 0 Å².